The molecule has 2 aliphatic rings. The second kappa shape index (κ2) is 10.9. The first kappa shape index (κ1) is 24.4. The molecule has 0 saturated carbocycles. The molecule has 40 heavy (non-hydrogen) atoms. The third-order valence-corrected chi connectivity index (χ3v) is 7.82. The van der Waals surface area contributed by atoms with E-state index in [4.69, 9.17) is 0 Å². The molecule has 0 aliphatic carbocycles. The number of rotatable bonds is 4. The Morgan fingerprint density at radius 2 is 1.40 bits per heavy atom. The van der Waals surface area contributed by atoms with Crippen LogP contribution in [0.5, 0.6) is 0 Å². The average molecular weight is 523 g/mol. The molecular formula is C34H30N6. The van der Waals surface area contributed by atoms with E-state index >= 15 is 0 Å². The predicted octanol–water partition coefficient (Wildman–Crippen LogP) is 5.87. The minimum absolute atomic E-state index is 0.296. The molecule has 3 aromatic carbocycles. The van der Waals surface area contributed by atoms with Crippen molar-refractivity contribution in [3.05, 3.63) is 96.0 Å². The van der Waals surface area contributed by atoms with Crippen molar-refractivity contribution in [1.82, 2.24) is 30.6 Å². The van der Waals surface area contributed by atoms with Crippen LogP contribution >= 0.6 is 0 Å². The maximum Gasteiger partial charge on any atom is 0.124 e. The first-order valence-electron chi connectivity index (χ1n) is 14.0. The van der Waals surface area contributed by atoms with Crippen LogP contribution in [0.4, 0.5) is 0 Å². The summed E-state index contributed by atoms with van der Waals surface area (Å²) in [6, 6.07) is 22.0. The molecule has 0 radical (unpaired) electrons. The molecule has 2 fully saturated rings. The Labute approximate surface area is 234 Å². The first-order chi connectivity index (χ1) is 19.8. The topological polar surface area (TPSA) is 81.4 Å². The lowest BCUT2D eigenvalue weighted by Gasteiger charge is -2.10. The molecule has 5 aromatic rings. The quantitative estimate of drug-likeness (QED) is 0.223. The van der Waals surface area contributed by atoms with E-state index in [2.05, 4.69) is 115 Å². The number of nitrogens with one attached hydrogen (secondary N) is 4. The van der Waals surface area contributed by atoms with Gasteiger partial charge in [0.2, 0.25) is 0 Å². The van der Waals surface area contributed by atoms with Gasteiger partial charge >= 0.3 is 0 Å². The molecule has 0 spiro atoms. The third-order valence-electron chi connectivity index (χ3n) is 7.82. The maximum absolute atomic E-state index is 4.68. The minimum Gasteiger partial charge on any atom is -0.341 e. The van der Waals surface area contributed by atoms with Crippen LogP contribution in [0.15, 0.2) is 73.1 Å². The molecule has 2 aromatic heterocycles. The Hall–Kier alpha value is -4.62. The molecule has 0 unspecified atom stereocenters. The Morgan fingerprint density at radius 1 is 0.675 bits per heavy atom. The van der Waals surface area contributed by atoms with Crippen LogP contribution < -0.4 is 10.6 Å². The van der Waals surface area contributed by atoms with Gasteiger partial charge in [0.05, 0.1) is 30.2 Å². The molecule has 2 saturated heterocycles. The van der Waals surface area contributed by atoms with Crippen LogP contribution in [-0.4, -0.2) is 33.0 Å². The zero-order valence-electron chi connectivity index (χ0n) is 22.2. The van der Waals surface area contributed by atoms with Crippen molar-refractivity contribution in [2.45, 2.75) is 37.8 Å². The number of fused-ring (bicyclic) bond motifs is 1. The smallest absolute Gasteiger partial charge is 0.124 e. The van der Waals surface area contributed by atoms with Crippen LogP contribution in [0, 0.1) is 23.7 Å². The van der Waals surface area contributed by atoms with E-state index in [9.17, 15) is 0 Å². The number of H-pyrrole nitrogens is 2. The summed E-state index contributed by atoms with van der Waals surface area (Å²) in [4.78, 5) is 16.1. The summed E-state index contributed by atoms with van der Waals surface area (Å²) in [5, 5.41) is 9.40. The number of aromatic nitrogens is 4. The van der Waals surface area contributed by atoms with E-state index in [1.54, 1.807) is 6.20 Å². The van der Waals surface area contributed by atoms with E-state index in [1.165, 1.54) is 23.6 Å². The van der Waals surface area contributed by atoms with Crippen molar-refractivity contribution in [1.29, 1.82) is 0 Å². The molecule has 6 heteroatoms. The van der Waals surface area contributed by atoms with Crippen LogP contribution in [0.1, 0.15) is 60.7 Å². The molecule has 0 bridgehead atoms. The normalized spacial score (nSPS) is 18.3. The van der Waals surface area contributed by atoms with Crippen molar-refractivity contribution in [2.75, 3.05) is 13.1 Å². The Bertz CT molecular complexity index is 1790. The highest BCUT2D eigenvalue weighted by atomic mass is 15.0. The van der Waals surface area contributed by atoms with Gasteiger partial charge in [-0.05, 0) is 96.6 Å². The Kier molecular flexibility index (Phi) is 6.63. The molecule has 4 heterocycles. The van der Waals surface area contributed by atoms with Crippen molar-refractivity contribution < 1.29 is 0 Å². The van der Waals surface area contributed by atoms with E-state index in [0.29, 0.717) is 12.1 Å². The lowest BCUT2D eigenvalue weighted by molar-refractivity contribution is 0.612. The summed E-state index contributed by atoms with van der Waals surface area (Å²) in [7, 11) is 0. The first-order valence-corrected chi connectivity index (χ1v) is 14.0. The highest BCUT2D eigenvalue weighted by Gasteiger charge is 2.20. The summed E-state index contributed by atoms with van der Waals surface area (Å²) in [6.45, 7) is 2.08. The molecular weight excluding hydrogens is 492 g/mol. The molecule has 196 valence electrons. The number of hydrogen-bond donors (Lipinski definition) is 4. The van der Waals surface area contributed by atoms with Gasteiger partial charge in [0.25, 0.3) is 0 Å². The monoisotopic (exact) mass is 522 g/mol. The van der Waals surface area contributed by atoms with Crippen molar-refractivity contribution in [3.8, 4) is 46.1 Å². The molecule has 0 amide bonds. The largest absolute Gasteiger partial charge is 0.341 e. The van der Waals surface area contributed by atoms with Gasteiger partial charge in [0, 0.05) is 11.1 Å². The third kappa shape index (κ3) is 5.03. The highest BCUT2D eigenvalue weighted by Crippen LogP contribution is 2.32. The zero-order valence-corrected chi connectivity index (χ0v) is 22.2. The summed E-state index contributed by atoms with van der Waals surface area (Å²) < 4.78 is 0. The number of hydrogen-bond acceptors (Lipinski definition) is 4. The van der Waals surface area contributed by atoms with E-state index < -0.39 is 0 Å². The van der Waals surface area contributed by atoms with Gasteiger partial charge in [-0.25, -0.2) is 9.97 Å². The fourth-order valence-electron chi connectivity index (χ4n) is 5.69. The van der Waals surface area contributed by atoms with E-state index in [1.807, 2.05) is 6.20 Å². The molecule has 2 atom stereocenters. The van der Waals surface area contributed by atoms with Crippen molar-refractivity contribution >= 4 is 10.8 Å². The number of aromatic amines is 2. The van der Waals surface area contributed by atoms with Gasteiger partial charge in [-0.2, -0.15) is 0 Å². The van der Waals surface area contributed by atoms with Gasteiger partial charge in [-0.15, -0.1) is 0 Å². The molecule has 6 nitrogen and oxygen atoms in total. The van der Waals surface area contributed by atoms with Crippen molar-refractivity contribution in [3.63, 3.8) is 0 Å². The Balaban J connectivity index is 1.22. The molecule has 2 aliphatic heterocycles. The second-order valence-corrected chi connectivity index (χ2v) is 10.5. The van der Waals surface area contributed by atoms with Crippen molar-refractivity contribution in [2.24, 2.45) is 0 Å². The lowest BCUT2D eigenvalue weighted by Crippen LogP contribution is -2.14. The van der Waals surface area contributed by atoms with Gasteiger partial charge < -0.3 is 20.6 Å². The zero-order chi connectivity index (χ0) is 26.7. The summed E-state index contributed by atoms with van der Waals surface area (Å²) in [5.74, 6) is 14.5. The number of imidazole rings is 2. The van der Waals surface area contributed by atoms with Gasteiger partial charge in [0.1, 0.15) is 17.3 Å². The second-order valence-electron chi connectivity index (χ2n) is 10.5. The fraction of sp³-hybridized carbons (Fsp3) is 0.235. The Morgan fingerprint density at radius 3 is 2.20 bits per heavy atom. The number of nitrogens with zero attached hydrogens (tertiary/aromatic N) is 2. The maximum atomic E-state index is 4.68. The summed E-state index contributed by atoms with van der Waals surface area (Å²) in [5.41, 5.74) is 6.01. The lowest BCUT2D eigenvalue weighted by atomic mass is 9.95. The minimum atomic E-state index is 0.296. The van der Waals surface area contributed by atoms with Crippen LogP contribution in [0.2, 0.25) is 0 Å². The highest BCUT2D eigenvalue weighted by molar-refractivity contribution is 5.89. The van der Waals surface area contributed by atoms with Gasteiger partial charge in [-0.3, -0.25) is 0 Å². The fourth-order valence-corrected chi connectivity index (χ4v) is 5.69. The predicted molar refractivity (Wildman–Crippen MR) is 159 cm³/mol. The summed E-state index contributed by atoms with van der Waals surface area (Å²) in [6.07, 6.45) is 8.30. The van der Waals surface area contributed by atoms with Gasteiger partial charge in [0.15, 0.2) is 0 Å². The standard InChI is InChI=1S/C34H30N6/c1-2-9-25-19-26(15-13-23(25)7-1)29-20-27(32-22-38-34(40-32)31-12-6-18-36-31)16-14-24(29)8-3-4-10-28-21-37-33(39-28)30-11-5-17-35-30/h1-2,7,9,13-16,19-22,30-31,35-36H,5-6,11-12,17-18H2,(H,37,39)(H,38,40)/t30-,31-/m0/s1. The number of benzene rings is 3. The van der Waals surface area contributed by atoms with Gasteiger partial charge in [-0.1, -0.05) is 48.4 Å². The van der Waals surface area contributed by atoms with Crippen LogP contribution in [0.25, 0.3) is 33.2 Å². The van der Waals surface area contributed by atoms with E-state index in [0.717, 1.165) is 71.2 Å². The molecule has 4 N–H and O–H groups in total. The molecule has 7 rings (SSSR count). The SMILES string of the molecule is C(C#Cc1ccc(-c2cnc([C@@H]3CCCN3)[nH]2)cc1-c1ccc2ccccc2c1)#Cc1cnc([C@@H]2CCCN2)[nH]1. The van der Waals surface area contributed by atoms with E-state index in [-0.39, 0.29) is 0 Å². The average Bonchev–Trinajstić information content (AvgIpc) is 3.82. The summed E-state index contributed by atoms with van der Waals surface area (Å²) >= 11 is 0. The van der Waals surface area contributed by atoms with Crippen LogP contribution in [-0.2, 0) is 0 Å². The van der Waals surface area contributed by atoms with Crippen LogP contribution in [0.3, 0.4) is 0 Å².